The number of rotatable bonds is 4. The van der Waals surface area contributed by atoms with Gasteiger partial charge < -0.3 is 9.84 Å². The minimum atomic E-state index is 0.185. The van der Waals surface area contributed by atoms with Crippen LogP contribution in [0.1, 0.15) is 42.3 Å². The van der Waals surface area contributed by atoms with Crippen molar-refractivity contribution in [1.82, 2.24) is 4.98 Å². The Labute approximate surface area is 106 Å². The van der Waals surface area contributed by atoms with Crippen molar-refractivity contribution in [3.8, 4) is 0 Å². The summed E-state index contributed by atoms with van der Waals surface area (Å²) in [6.07, 6.45) is 5.51. The number of hydrogen-bond donors (Lipinski definition) is 1. The van der Waals surface area contributed by atoms with E-state index in [4.69, 9.17) is 9.72 Å². The van der Waals surface area contributed by atoms with Crippen LogP contribution >= 0.6 is 11.3 Å². The number of hydrogen-bond acceptors (Lipinski definition) is 4. The minimum absolute atomic E-state index is 0.185. The molecule has 1 aliphatic carbocycles. The molecule has 0 spiro atoms. The molecule has 1 N–H and O–H groups in total. The van der Waals surface area contributed by atoms with Gasteiger partial charge in [-0.25, -0.2) is 4.98 Å². The molecule has 0 atom stereocenters. The summed E-state index contributed by atoms with van der Waals surface area (Å²) in [6.45, 7) is 2.06. The van der Waals surface area contributed by atoms with Crippen molar-refractivity contribution >= 4 is 11.3 Å². The van der Waals surface area contributed by atoms with Crippen LogP contribution in [0.4, 0.5) is 0 Å². The molecule has 3 rings (SSSR count). The SMILES string of the molecule is OCC1(Cc2nc(C3CCOCC3)cs2)CC1. The van der Waals surface area contributed by atoms with Gasteiger partial charge in [0.2, 0.25) is 0 Å². The van der Waals surface area contributed by atoms with E-state index in [1.807, 2.05) is 0 Å². The van der Waals surface area contributed by atoms with Crippen LogP contribution in [0.3, 0.4) is 0 Å². The van der Waals surface area contributed by atoms with Crippen molar-refractivity contribution in [2.24, 2.45) is 5.41 Å². The average molecular weight is 253 g/mol. The number of nitrogens with zero attached hydrogens (tertiary/aromatic N) is 1. The first-order valence-electron chi connectivity index (χ1n) is 6.44. The molecule has 17 heavy (non-hydrogen) atoms. The van der Waals surface area contributed by atoms with E-state index < -0.39 is 0 Å². The fourth-order valence-corrected chi connectivity index (χ4v) is 3.53. The van der Waals surface area contributed by atoms with E-state index in [9.17, 15) is 5.11 Å². The monoisotopic (exact) mass is 253 g/mol. The fourth-order valence-electron chi connectivity index (χ4n) is 2.48. The van der Waals surface area contributed by atoms with Gasteiger partial charge in [0.25, 0.3) is 0 Å². The molecule has 1 saturated heterocycles. The highest BCUT2D eigenvalue weighted by Crippen LogP contribution is 2.48. The first kappa shape index (κ1) is 11.6. The van der Waals surface area contributed by atoms with Gasteiger partial charge in [-0.15, -0.1) is 11.3 Å². The van der Waals surface area contributed by atoms with Crippen molar-refractivity contribution < 1.29 is 9.84 Å². The highest BCUT2D eigenvalue weighted by atomic mass is 32.1. The van der Waals surface area contributed by atoms with Gasteiger partial charge in [0.15, 0.2) is 0 Å². The summed E-state index contributed by atoms with van der Waals surface area (Å²) >= 11 is 1.76. The Bertz CT molecular complexity index is 381. The lowest BCUT2D eigenvalue weighted by atomic mass is 9.97. The summed E-state index contributed by atoms with van der Waals surface area (Å²) in [5, 5.41) is 12.7. The normalized spacial score (nSPS) is 23.8. The zero-order chi connectivity index (χ0) is 11.7. The van der Waals surface area contributed by atoms with E-state index in [0.717, 1.165) is 45.3 Å². The predicted molar refractivity (Wildman–Crippen MR) is 67.4 cm³/mol. The summed E-state index contributed by atoms with van der Waals surface area (Å²) in [5.41, 5.74) is 1.44. The number of aliphatic hydroxyl groups is 1. The van der Waals surface area contributed by atoms with Crippen molar-refractivity contribution in [2.75, 3.05) is 19.8 Å². The molecule has 0 bridgehead atoms. The number of ether oxygens (including phenoxy) is 1. The van der Waals surface area contributed by atoms with E-state index in [1.165, 1.54) is 10.7 Å². The lowest BCUT2D eigenvalue weighted by molar-refractivity contribution is 0.0846. The molecular weight excluding hydrogens is 234 g/mol. The number of thiazole rings is 1. The lowest BCUT2D eigenvalue weighted by Gasteiger charge is -2.20. The maximum absolute atomic E-state index is 9.33. The van der Waals surface area contributed by atoms with E-state index in [-0.39, 0.29) is 5.41 Å². The Balaban J connectivity index is 1.65. The molecule has 3 nitrogen and oxygen atoms in total. The topological polar surface area (TPSA) is 42.4 Å². The first-order valence-corrected chi connectivity index (χ1v) is 7.32. The van der Waals surface area contributed by atoms with E-state index in [0.29, 0.717) is 12.5 Å². The second-order valence-electron chi connectivity index (χ2n) is 5.39. The molecule has 0 amide bonds. The predicted octanol–water partition coefficient (Wildman–Crippen LogP) is 2.35. The Morgan fingerprint density at radius 1 is 1.41 bits per heavy atom. The van der Waals surface area contributed by atoms with Crippen LogP contribution in [-0.4, -0.2) is 29.9 Å². The van der Waals surface area contributed by atoms with E-state index in [1.54, 1.807) is 11.3 Å². The van der Waals surface area contributed by atoms with Crippen LogP contribution < -0.4 is 0 Å². The van der Waals surface area contributed by atoms with E-state index in [2.05, 4.69) is 5.38 Å². The smallest absolute Gasteiger partial charge is 0.0934 e. The van der Waals surface area contributed by atoms with Gasteiger partial charge in [0.1, 0.15) is 0 Å². The molecule has 2 fully saturated rings. The molecule has 94 valence electrons. The van der Waals surface area contributed by atoms with Gasteiger partial charge in [0, 0.05) is 37.5 Å². The summed E-state index contributed by atoms with van der Waals surface area (Å²) in [4.78, 5) is 4.76. The molecule has 1 aliphatic heterocycles. The maximum atomic E-state index is 9.33. The van der Waals surface area contributed by atoms with E-state index >= 15 is 0 Å². The molecule has 0 unspecified atom stereocenters. The maximum Gasteiger partial charge on any atom is 0.0934 e. The summed E-state index contributed by atoms with van der Waals surface area (Å²) < 4.78 is 5.38. The third-order valence-electron chi connectivity index (χ3n) is 4.03. The number of aromatic nitrogens is 1. The Morgan fingerprint density at radius 3 is 2.82 bits per heavy atom. The number of aliphatic hydroxyl groups excluding tert-OH is 1. The van der Waals surface area contributed by atoms with Crippen molar-refractivity contribution in [1.29, 1.82) is 0 Å². The van der Waals surface area contributed by atoms with Crippen LogP contribution in [-0.2, 0) is 11.2 Å². The molecule has 0 aromatic carbocycles. The van der Waals surface area contributed by atoms with Crippen LogP contribution in [0, 0.1) is 5.41 Å². The molecule has 1 aromatic rings. The van der Waals surface area contributed by atoms with Crippen molar-refractivity contribution in [3.63, 3.8) is 0 Å². The van der Waals surface area contributed by atoms with Gasteiger partial charge in [0.05, 0.1) is 10.7 Å². The Morgan fingerprint density at radius 2 is 2.18 bits per heavy atom. The Kier molecular flexibility index (Phi) is 3.19. The standard InChI is InChI=1S/C13H19NO2S/c15-9-13(3-4-13)7-12-14-11(8-17-12)10-1-5-16-6-2-10/h8,10,15H,1-7,9H2. The largest absolute Gasteiger partial charge is 0.396 e. The van der Waals surface area contributed by atoms with Crippen LogP contribution in [0.2, 0.25) is 0 Å². The zero-order valence-corrected chi connectivity index (χ0v) is 10.8. The summed E-state index contributed by atoms with van der Waals surface area (Å²) in [5.74, 6) is 0.595. The fraction of sp³-hybridized carbons (Fsp3) is 0.769. The Hall–Kier alpha value is -0.450. The van der Waals surface area contributed by atoms with Gasteiger partial charge in [-0.2, -0.15) is 0 Å². The lowest BCUT2D eigenvalue weighted by Crippen LogP contribution is -2.14. The second kappa shape index (κ2) is 4.67. The average Bonchev–Trinajstić information content (AvgIpc) is 3.00. The molecule has 2 aliphatic rings. The third kappa shape index (κ3) is 2.54. The minimum Gasteiger partial charge on any atom is -0.396 e. The molecule has 1 aromatic heterocycles. The van der Waals surface area contributed by atoms with Crippen molar-refractivity contribution in [2.45, 2.75) is 38.0 Å². The highest BCUT2D eigenvalue weighted by Gasteiger charge is 2.42. The summed E-state index contributed by atoms with van der Waals surface area (Å²) in [7, 11) is 0. The van der Waals surface area contributed by atoms with Gasteiger partial charge in [-0.1, -0.05) is 0 Å². The summed E-state index contributed by atoms with van der Waals surface area (Å²) in [6, 6.07) is 0. The van der Waals surface area contributed by atoms with Crippen LogP contribution in [0.25, 0.3) is 0 Å². The molecule has 4 heteroatoms. The van der Waals surface area contributed by atoms with Crippen LogP contribution in [0.15, 0.2) is 5.38 Å². The second-order valence-corrected chi connectivity index (χ2v) is 6.33. The van der Waals surface area contributed by atoms with Gasteiger partial charge >= 0.3 is 0 Å². The zero-order valence-electron chi connectivity index (χ0n) is 10.0. The van der Waals surface area contributed by atoms with Crippen molar-refractivity contribution in [3.05, 3.63) is 16.1 Å². The third-order valence-corrected chi connectivity index (χ3v) is 4.89. The molecular formula is C13H19NO2S. The molecule has 2 heterocycles. The van der Waals surface area contributed by atoms with Gasteiger partial charge in [-0.3, -0.25) is 0 Å². The molecule has 0 radical (unpaired) electrons. The first-order chi connectivity index (χ1) is 8.31. The highest BCUT2D eigenvalue weighted by molar-refractivity contribution is 7.09. The van der Waals surface area contributed by atoms with Gasteiger partial charge in [-0.05, 0) is 31.1 Å². The molecule has 1 saturated carbocycles. The quantitative estimate of drug-likeness (QED) is 0.895. The van der Waals surface area contributed by atoms with Crippen LogP contribution in [0.5, 0.6) is 0 Å².